The summed E-state index contributed by atoms with van der Waals surface area (Å²) in [5, 5.41) is 14.9. The molecule has 0 fully saturated rings. The van der Waals surface area contributed by atoms with Crippen molar-refractivity contribution in [3.8, 4) is 6.07 Å². The molecule has 6 nitrogen and oxygen atoms in total. The molecule has 0 saturated carbocycles. The summed E-state index contributed by atoms with van der Waals surface area (Å²) >= 11 is 0. The van der Waals surface area contributed by atoms with Crippen molar-refractivity contribution in [3.63, 3.8) is 0 Å². The molecule has 0 spiro atoms. The largest absolute Gasteiger partial charge is 0.324 e. The zero-order valence-electron chi connectivity index (χ0n) is 15.1. The first-order valence-corrected chi connectivity index (χ1v) is 8.57. The van der Waals surface area contributed by atoms with E-state index in [1.165, 1.54) is 6.20 Å². The lowest BCUT2D eigenvalue weighted by molar-refractivity contribution is 0.102. The van der Waals surface area contributed by atoms with Gasteiger partial charge in [-0.3, -0.25) is 4.79 Å². The molecule has 27 heavy (non-hydrogen) atoms. The van der Waals surface area contributed by atoms with Crippen molar-refractivity contribution in [2.24, 2.45) is 0 Å². The van der Waals surface area contributed by atoms with Crippen molar-refractivity contribution < 1.29 is 4.79 Å². The SMILES string of the molecule is CC(C)c1ccccc1Nc1nccc(C(=O)Nc2cccc(C#N)c2)n1. The highest BCUT2D eigenvalue weighted by Crippen LogP contribution is 2.25. The number of hydrogen-bond donors (Lipinski definition) is 2. The van der Waals surface area contributed by atoms with Gasteiger partial charge in [0.25, 0.3) is 5.91 Å². The van der Waals surface area contributed by atoms with Gasteiger partial charge >= 0.3 is 0 Å². The number of nitrogens with one attached hydrogen (secondary N) is 2. The number of carbonyl (C=O) groups excluding carboxylic acids is 1. The van der Waals surface area contributed by atoms with Crippen LogP contribution in [0.1, 0.15) is 41.4 Å². The van der Waals surface area contributed by atoms with E-state index in [-0.39, 0.29) is 11.6 Å². The fourth-order valence-electron chi connectivity index (χ4n) is 2.64. The molecule has 0 aliphatic carbocycles. The maximum absolute atomic E-state index is 12.5. The van der Waals surface area contributed by atoms with Gasteiger partial charge in [-0.05, 0) is 41.8 Å². The molecule has 134 valence electrons. The molecule has 1 heterocycles. The Labute approximate surface area is 157 Å². The van der Waals surface area contributed by atoms with Gasteiger partial charge in [-0.15, -0.1) is 0 Å². The van der Waals surface area contributed by atoms with E-state index in [9.17, 15) is 4.79 Å². The smallest absolute Gasteiger partial charge is 0.274 e. The van der Waals surface area contributed by atoms with Crippen LogP contribution in [0.15, 0.2) is 60.8 Å². The van der Waals surface area contributed by atoms with Crippen LogP contribution in [0.5, 0.6) is 0 Å². The first-order valence-electron chi connectivity index (χ1n) is 8.57. The first-order chi connectivity index (χ1) is 13.1. The number of para-hydroxylation sites is 1. The van der Waals surface area contributed by atoms with Gasteiger partial charge in [0.15, 0.2) is 0 Å². The van der Waals surface area contributed by atoms with Gasteiger partial charge in [-0.25, -0.2) is 9.97 Å². The molecule has 0 unspecified atom stereocenters. The van der Waals surface area contributed by atoms with E-state index in [0.717, 1.165) is 11.3 Å². The molecule has 3 aromatic rings. The minimum absolute atomic E-state index is 0.233. The Hall–Kier alpha value is -3.72. The van der Waals surface area contributed by atoms with E-state index in [0.29, 0.717) is 23.1 Å². The lowest BCUT2D eigenvalue weighted by Gasteiger charge is -2.13. The fraction of sp³-hybridized carbons (Fsp3) is 0.143. The Morgan fingerprint density at radius 3 is 2.70 bits per heavy atom. The molecule has 3 rings (SSSR count). The quantitative estimate of drug-likeness (QED) is 0.703. The fourth-order valence-corrected chi connectivity index (χ4v) is 2.64. The van der Waals surface area contributed by atoms with E-state index >= 15 is 0 Å². The summed E-state index contributed by atoms with van der Waals surface area (Å²) in [6.45, 7) is 4.22. The Morgan fingerprint density at radius 2 is 1.93 bits per heavy atom. The Morgan fingerprint density at radius 1 is 1.11 bits per heavy atom. The minimum Gasteiger partial charge on any atom is -0.324 e. The normalized spacial score (nSPS) is 10.3. The van der Waals surface area contributed by atoms with Crippen LogP contribution in [-0.2, 0) is 0 Å². The van der Waals surface area contributed by atoms with Gasteiger partial charge in [0.2, 0.25) is 5.95 Å². The second kappa shape index (κ2) is 8.11. The molecule has 2 aromatic carbocycles. The van der Waals surface area contributed by atoms with Crippen LogP contribution in [0.2, 0.25) is 0 Å². The average Bonchev–Trinajstić information content (AvgIpc) is 2.68. The number of amides is 1. The molecule has 0 aliphatic rings. The van der Waals surface area contributed by atoms with Crippen LogP contribution in [0.3, 0.4) is 0 Å². The molecule has 2 N–H and O–H groups in total. The van der Waals surface area contributed by atoms with E-state index in [1.54, 1.807) is 30.3 Å². The van der Waals surface area contributed by atoms with Gasteiger partial charge in [0.1, 0.15) is 5.69 Å². The number of anilines is 3. The van der Waals surface area contributed by atoms with Gasteiger partial charge in [0.05, 0.1) is 11.6 Å². The maximum atomic E-state index is 12.5. The van der Waals surface area contributed by atoms with Crippen molar-refractivity contribution in [2.45, 2.75) is 19.8 Å². The lowest BCUT2D eigenvalue weighted by Crippen LogP contribution is -2.15. The van der Waals surface area contributed by atoms with Gasteiger partial charge in [0, 0.05) is 17.6 Å². The highest BCUT2D eigenvalue weighted by Gasteiger charge is 2.11. The Bertz CT molecular complexity index is 1010. The number of rotatable bonds is 5. The molecule has 0 bridgehead atoms. The molecular formula is C21H19N5O. The van der Waals surface area contributed by atoms with Gasteiger partial charge in [-0.1, -0.05) is 38.1 Å². The second-order valence-corrected chi connectivity index (χ2v) is 6.28. The third-order valence-corrected chi connectivity index (χ3v) is 3.97. The predicted octanol–water partition coefficient (Wildman–Crippen LogP) is 4.47. The van der Waals surface area contributed by atoms with Gasteiger partial charge < -0.3 is 10.6 Å². The summed E-state index contributed by atoms with van der Waals surface area (Å²) in [6, 6.07) is 18.2. The van der Waals surface area contributed by atoms with Gasteiger partial charge in [-0.2, -0.15) is 5.26 Å². The zero-order chi connectivity index (χ0) is 19.2. The van der Waals surface area contributed by atoms with E-state index in [2.05, 4.69) is 34.4 Å². The second-order valence-electron chi connectivity index (χ2n) is 6.28. The highest BCUT2D eigenvalue weighted by molar-refractivity contribution is 6.03. The van der Waals surface area contributed by atoms with Crippen molar-refractivity contribution in [2.75, 3.05) is 10.6 Å². The van der Waals surface area contributed by atoms with Crippen LogP contribution >= 0.6 is 0 Å². The number of nitriles is 1. The zero-order valence-corrected chi connectivity index (χ0v) is 15.1. The first kappa shape index (κ1) is 18.1. The van der Waals surface area contributed by atoms with Crippen LogP contribution < -0.4 is 10.6 Å². The van der Waals surface area contributed by atoms with Crippen LogP contribution in [-0.4, -0.2) is 15.9 Å². The number of hydrogen-bond acceptors (Lipinski definition) is 5. The predicted molar refractivity (Wildman–Crippen MR) is 105 cm³/mol. The molecular weight excluding hydrogens is 338 g/mol. The molecule has 1 aromatic heterocycles. The highest BCUT2D eigenvalue weighted by atomic mass is 16.1. The minimum atomic E-state index is -0.368. The van der Waals surface area contributed by atoms with Crippen molar-refractivity contribution >= 4 is 23.2 Å². The Balaban J connectivity index is 1.79. The molecule has 1 amide bonds. The van der Waals surface area contributed by atoms with Crippen molar-refractivity contribution in [3.05, 3.63) is 77.6 Å². The lowest BCUT2D eigenvalue weighted by atomic mass is 10.0. The van der Waals surface area contributed by atoms with Crippen molar-refractivity contribution in [1.29, 1.82) is 5.26 Å². The topological polar surface area (TPSA) is 90.7 Å². The summed E-state index contributed by atoms with van der Waals surface area (Å²) < 4.78 is 0. The summed E-state index contributed by atoms with van der Waals surface area (Å²) in [5.74, 6) is 0.321. The number of carbonyl (C=O) groups is 1. The standard InChI is InChI=1S/C21H19N5O/c1-14(2)17-8-3-4-9-18(17)25-21-23-11-10-19(26-21)20(27)24-16-7-5-6-15(12-16)13-22/h3-12,14H,1-2H3,(H,24,27)(H,23,25,26). The van der Waals surface area contributed by atoms with Crippen LogP contribution in [0.4, 0.5) is 17.3 Å². The molecule has 6 heteroatoms. The van der Waals surface area contributed by atoms with Crippen molar-refractivity contribution in [1.82, 2.24) is 9.97 Å². The molecule has 0 saturated heterocycles. The third kappa shape index (κ3) is 4.47. The summed E-state index contributed by atoms with van der Waals surface area (Å²) in [7, 11) is 0. The number of aromatic nitrogens is 2. The van der Waals surface area contributed by atoms with Crippen LogP contribution in [0, 0.1) is 11.3 Å². The van der Waals surface area contributed by atoms with Crippen LogP contribution in [0.25, 0.3) is 0 Å². The molecule has 0 aliphatic heterocycles. The number of benzene rings is 2. The Kier molecular flexibility index (Phi) is 5.43. The summed E-state index contributed by atoms with van der Waals surface area (Å²) in [4.78, 5) is 21.0. The third-order valence-electron chi connectivity index (χ3n) is 3.97. The molecule has 0 radical (unpaired) electrons. The summed E-state index contributed by atoms with van der Waals surface area (Å²) in [5.41, 5.74) is 3.30. The molecule has 0 atom stereocenters. The average molecular weight is 357 g/mol. The van der Waals surface area contributed by atoms with E-state index < -0.39 is 0 Å². The maximum Gasteiger partial charge on any atom is 0.274 e. The number of nitrogens with zero attached hydrogens (tertiary/aromatic N) is 3. The summed E-state index contributed by atoms with van der Waals surface area (Å²) in [6.07, 6.45) is 1.54. The van der Waals surface area contributed by atoms with E-state index in [1.807, 2.05) is 30.3 Å². The van der Waals surface area contributed by atoms with E-state index in [4.69, 9.17) is 5.26 Å². The monoisotopic (exact) mass is 357 g/mol.